The van der Waals surface area contributed by atoms with Crippen LogP contribution < -0.4 is 0 Å². The highest BCUT2D eigenvalue weighted by Gasteiger charge is 2.11. The van der Waals surface area contributed by atoms with Crippen molar-refractivity contribution in [3.05, 3.63) is 70.3 Å². The summed E-state index contributed by atoms with van der Waals surface area (Å²) in [6, 6.07) is 16.1. The van der Waals surface area contributed by atoms with Crippen molar-refractivity contribution < 1.29 is 9.90 Å². The van der Waals surface area contributed by atoms with E-state index in [1.54, 1.807) is 0 Å². The Kier molecular flexibility index (Phi) is 3.80. The Morgan fingerprint density at radius 3 is 2.52 bits per heavy atom. The van der Waals surface area contributed by atoms with Gasteiger partial charge in [0, 0.05) is 28.1 Å². The van der Waals surface area contributed by atoms with Crippen molar-refractivity contribution in [3.63, 3.8) is 0 Å². The number of aromatic nitrogens is 1. The summed E-state index contributed by atoms with van der Waals surface area (Å²) in [5.41, 5.74) is 3.10. The Labute approximate surface area is 131 Å². The topological polar surface area (TPSA) is 42.2 Å². The average Bonchev–Trinajstić information content (AvgIpc) is 2.79. The molecule has 2 aromatic carbocycles. The molecule has 3 rings (SSSR count). The third-order valence-corrected chi connectivity index (χ3v) is 4.01. The second kappa shape index (κ2) is 5.74. The third kappa shape index (κ3) is 3.00. The summed E-state index contributed by atoms with van der Waals surface area (Å²) in [5.74, 6) is -0.804. The van der Waals surface area contributed by atoms with E-state index in [-0.39, 0.29) is 6.42 Å². The van der Waals surface area contributed by atoms with Gasteiger partial charge >= 0.3 is 5.97 Å². The van der Waals surface area contributed by atoms with E-state index in [0.29, 0.717) is 0 Å². The van der Waals surface area contributed by atoms with Gasteiger partial charge in [-0.2, -0.15) is 0 Å². The van der Waals surface area contributed by atoms with Gasteiger partial charge in [0.05, 0.1) is 6.42 Å². The van der Waals surface area contributed by atoms with Crippen LogP contribution in [0.25, 0.3) is 10.9 Å². The number of halogens is 1. The number of para-hydroxylation sites is 1. The van der Waals surface area contributed by atoms with E-state index >= 15 is 0 Å². The summed E-state index contributed by atoms with van der Waals surface area (Å²) in [5, 5.41) is 10.1. The molecule has 0 saturated heterocycles. The second-order valence-corrected chi connectivity index (χ2v) is 5.91. The number of carboxylic acids is 1. The Bertz CT molecular complexity index is 790. The van der Waals surface area contributed by atoms with Crippen LogP contribution in [0.1, 0.15) is 11.1 Å². The van der Waals surface area contributed by atoms with E-state index in [0.717, 1.165) is 27.5 Å². The number of benzene rings is 2. The lowest BCUT2D eigenvalue weighted by molar-refractivity contribution is -0.136. The number of hydrogen-bond donors (Lipinski definition) is 1. The van der Waals surface area contributed by atoms with Crippen LogP contribution >= 0.6 is 15.9 Å². The largest absolute Gasteiger partial charge is 0.481 e. The number of nitrogens with zero attached hydrogens (tertiary/aromatic N) is 1. The molecule has 1 aromatic heterocycles. The van der Waals surface area contributed by atoms with Gasteiger partial charge in [-0.15, -0.1) is 0 Å². The van der Waals surface area contributed by atoms with Gasteiger partial charge in [0.25, 0.3) is 0 Å². The van der Waals surface area contributed by atoms with Crippen LogP contribution in [-0.4, -0.2) is 15.6 Å². The lowest BCUT2D eigenvalue weighted by atomic mass is 10.1. The molecule has 0 saturated carbocycles. The maximum absolute atomic E-state index is 11.0. The summed E-state index contributed by atoms with van der Waals surface area (Å²) in [7, 11) is 0. The number of carboxylic acid groups (broad SMARTS) is 1. The SMILES string of the molecule is O=C(O)Cc1cn(Cc2ccc(Br)cc2)c2ccccc12. The van der Waals surface area contributed by atoms with Gasteiger partial charge in [-0.05, 0) is 29.3 Å². The summed E-state index contributed by atoms with van der Waals surface area (Å²) in [4.78, 5) is 11.0. The van der Waals surface area contributed by atoms with E-state index in [1.165, 1.54) is 5.56 Å². The van der Waals surface area contributed by atoms with E-state index < -0.39 is 5.97 Å². The molecule has 1 heterocycles. The molecule has 0 bridgehead atoms. The van der Waals surface area contributed by atoms with E-state index in [4.69, 9.17) is 5.11 Å². The standard InChI is InChI=1S/C17H14BrNO2/c18-14-7-5-12(6-8-14)10-19-11-13(9-17(20)21)15-3-1-2-4-16(15)19/h1-8,11H,9-10H2,(H,20,21). The molecule has 0 fully saturated rings. The average molecular weight is 344 g/mol. The van der Waals surface area contributed by atoms with Gasteiger partial charge in [-0.3, -0.25) is 4.79 Å². The van der Waals surface area contributed by atoms with Gasteiger partial charge in [-0.1, -0.05) is 46.3 Å². The van der Waals surface area contributed by atoms with Gasteiger partial charge in [0.2, 0.25) is 0 Å². The summed E-state index contributed by atoms with van der Waals surface area (Å²) in [6.45, 7) is 0.730. The van der Waals surface area contributed by atoms with Gasteiger partial charge in [0.15, 0.2) is 0 Å². The van der Waals surface area contributed by atoms with Gasteiger partial charge in [-0.25, -0.2) is 0 Å². The summed E-state index contributed by atoms with van der Waals surface area (Å²) >= 11 is 3.43. The maximum atomic E-state index is 11.0. The molecule has 3 aromatic rings. The van der Waals surface area contributed by atoms with Crippen molar-refractivity contribution in [2.45, 2.75) is 13.0 Å². The normalized spacial score (nSPS) is 10.9. The molecule has 1 N–H and O–H groups in total. The van der Waals surface area contributed by atoms with Crippen molar-refractivity contribution in [2.75, 3.05) is 0 Å². The first-order valence-electron chi connectivity index (χ1n) is 6.66. The Morgan fingerprint density at radius 2 is 1.81 bits per heavy atom. The fourth-order valence-electron chi connectivity index (χ4n) is 2.54. The Hall–Kier alpha value is -2.07. The Balaban J connectivity index is 2.01. The minimum atomic E-state index is -0.804. The van der Waals surface area contributed by atoms with Crippen LogP contribution in [0.2, 0.25) is 0 Å². The molecule has 0 spiro atoms. The van der Waals surface area contributed by atoms with E-state index in [9.17, 15) is 4.79 Å². The number of hydrogen-bond acceptors (Lipinski definition) is 1. The molecule has 0 aliphatic heterocycles. The maximum Gasteiger partial charge on any atom is 0.307 e. The molecule has 0 unspecified atom stereocenters. The zero-order valence-corrected chi connectivity index (χ0v) is 12.9. The number of aliphatic carboxylic acids is 1. The molecule has 21 heavy (non-hydrogen) atoms. The molecule has 0 aliphatic rings. The summed E-state index contributed by atoms with van der Waals surface area (Å²) in [6.07, 6.45) is 1.99. The molecular weight excluding hydrogens is 330 g/mol. The van der Waals surface area contributed by atoms with Gasteiger partial charge < -0.3 is 9.67 Å². The van der Waals surface area contributed by atoms with E-state index in [1.807, 2.05) is 42.6 Å². The first-order chi connectivity index (χ1) is 10.1. The highest BCUT2D eigenvalue weighted by molar-refractivity contribution is 9.10. The molecule has 4 heteroatoms. The van der Waals surface area contributed by atoms with Crippen molar-refractivity contribution in [1.29, 1.82) is 0 Å². The summed E-state index contributed by atoms with van der Waals surface area (Å²) < 4.78 is 3.16. The molecule has 3 nitrogen and oxygen atoms in total. The molecule has 0 atom stereocenters. The zero-order valence-electron chi connectivity index (χ0n) is 11.3. The second-order valence-electron chi connectivity index (χ2n) is 5.00. The lowest BCUT2D eigenvalue weighted by Gasteiger charge is -2.05. The monoisotopic (exact) mass is 343 g/mol. The van der Waals surface area contributed by atoms with Crippen molar-refractivity contribution in [1.82, 2.24) is 4.57 Å². The molecule has 106 valence electrons. The fraction of sp³-hybridized carbons (Fsp3) is 0.118. The third-order valence-electron chi connectivity index (χ3n) is 3.48. The molecule has 0 radical (unpaired) electrons. The van der Waals surface area contributed by atoms with Crippen LogP contribution in [-0.2, 0) is 17.8 Å². The van der Waals surface area contributed by atoms with E-state index in [2.05, 4.69) is 32.6 Å². The highest BCUT2D eigenvalue weighted by Crippen LogP contribution is 2.23. The first-order valence-corrected chi connectivity index (χ1v) is 7.46. The highest BCUT2D eigenvalue weighted by atomic mass is 79.9. The molecule has 0 aliphatic carbocycles. The Morgan fingerprint density at radius 1 is 1.10 bits per heavy atom. The minimum absolute atomic E-state index is 0.0495. The number of fused-ring (bicyclic) bond motifs is 1. The quantitative estimate of drug-likeness (QED) is 0.775. The van der Waals surface area contributed by atoms with Crippen molar-refractivity contribution in [3.8, 4) is 0 Å². The van der Waals surface area contributed by atoms with Crippen molar-refractivity contribution >= 4 is 32.8 Å². The predicted octanol–water partition coefficient (Wildman–Crippen LogP) is 4.08. The van der Waals surface area contributed by atoms with Crippen LogP contribution in [0, 0.1) is 0 Å². The number of carbonyl (C=O) groups is 1. The molecule has 0 amide bonds. The fourth-order valence-corrected chi connectivity index (χ4v) is 2.81. The zero-order chi connectivity index (χ0) is 14.8. The van der Waals surface area contributed by atoms with Crippen LogP contribution in [0.4, 0.5) is 0 Å². The van der Waals surface area contributed by atoms with Crippen LogP contribution in [0.15, 0.2) is 59.2 Å². The predicted molar refractivity (Wildman–Crippen MR) is 86.5 cm³/mol. The van der Waals surface area contributed by atoms with Crippen LogP contribution in [0.3, 0.4) is 0 Å². The first kappa shape index (κ1) is 13.9. The molecular formula is C17H14BrNO2. The number of rotatable bonds is 4. The van der Waals surface area contributed by atoms with Gasteiger partial charge in [0.1, 0.15) is 0 Å². The van der Waals surface area contributed by atoms with Crippen LogP contribution in [0.5, 0.6) is 0 Å². The lowest BCUT2D eigenvalue weighted by Crippen LogP contribution is -2.00. The smallest absolute Gasteiger partial charge is 0.307 e. The minimum Gasteiger partial charge on any atom is -0.481 e. The van der Waals surface area contributed by atoms with Crippen molar-refractivity contribution in [2.24, 2.45) is 0 Å².